The number of halogens is 2. The third kappa shape index (κ3) is 5.88. The van der Waals surface area contributed by atoms with Crippen molar-refractivity contribution in [1.29, 1.82) is 0 Å². The molecule has 0 aliphatic heterocycles. The first-order valence-corrected chi connectivity index (χ1v) is 13.3. The van der Waals surface area contributed by atoms with Gasteiger partial charge in [-0.05, 0) is 41.3 Å². The van der Waals surface area contributed by atoms with Crippen molar-refractivity contribution >= 4 is 61.6 Å². The Hall–Kier alpha value is -3.59. The number of benzene rings is 4. The number of amides is 1. The number of sulfonamides is 1. The summed E-state index contributed by atoms with van der Waals surface area (Å²) in [6.07, 6.45) is 0. The summed E-state index contributed by atoms with van der Waals surface area (Å²) < 4.78 is 33.2. The fourth-order valence-corrected chi connectivity index (χ4v) is 6.02. The molecular formula is C27H22Cl2N2O5S. The van der Waals surface area contributed by atoms with E-state index in [0.29, 0.717) is 22.9 Å². The van der Waals surface area contributed by atoms with Gasteiger partial charge >= 0.3 is 5.97 Å². The number of esters is 1. The average Bonchev–Trinajstić information content (AvgIpc) is 2.89. The minimum atomic E-state index is -4.31. The maximum Gasteiger partial charge on any atom is 0.326 e. The summed E-state index contributed by atoms with van der Waals surface area (Å²) in [5, 5.41) is 4.11. The van der Waals surface area contributed by atoms with Gasteiger partial charge in [-0.2, -0.15) is 0 Å². The van der Waals surface area contributed by atoms with Gasteiger partial charge in [0.05, 0.1) is 17.7 Å². The van der Waals surface area contributed by atoms with Crippen LogP contribution in [-0.4, -0.2) is 33.9 Å². The van der Waals surface area contributed by atoms with Crippen molar-refractivity contribution in [3.8, 4) is 0 Å². The van der Waals surface area contributed by atoms with Crippen LogP contribution in [-0.2, 0) is 26.1 Å². The molecule has 0 aromatic heterocycles. The molecule has 1 N–H and O–H groups in total. The highest BCUT2D eigenvalue weighted by atomic mass is 35.5. The van der Waals surface area contributed by atoms with Gasteiger partial charge in [-0.3, -0.25) is 13.9 Å². The molecule has 0 fully saturated rings. The van der Waals surface area contributed by atoms with Crippen LogP contribution < -0.4 is 9.62 Å². The normalized spacial score (nSPS) is 11.2. The number of ether oxygens (including phenoxy) is 1. The minimum absolute atomic E-state index is 0.124. The number of carbonyl (C=O) groups excluding carboxylic acids is 2. The van der Waals surface area contributed by atoms with Gasteiger partial charge in [0.1, 0.15) is 6.54 Å². The SMILES string of the molecule is COC(=O)CN(c1cccc2c(C(=O)NCc3ccccc3)cccc12)S(=O)(=O)c1cc(Cl)cc(Cl)c1. The summed E-state index contributed by atoms with van der Waals surface area (Å²) >= 11 is 12.1. The van der Waals surface area contributed by atoms with Gasteiger partial charge in [-0.1, -0.05) is 77.8 Å². The van der Waals surface area contributed by atoms with Crippen LogP contribution in [0.15, 0.2) is 89.8 Å². The molecule has 0 radical (unpaired) electrons. The smallest absolute Gasteiger partial charge is 0.326 e. The second kappa shape index (κ2) is 11.2. The molecule has 37 heavy (non-hydrogen) atoms. The zero-order valence-corrected chi connectivity index (χ0v) is 22.0. The number of hydrogen-bond acceptors (Lipinski definition) is 5. The molecule has 10 heteroatoms. The van der Waals surface area contributed by atoms with E-state index in [1.165, 1.54) is 25.3 Å². The molecule has 4 rings (SSSR count). The first-order valence-electron chi connectivity index (χ1n) is 11.1. The molecule has 1 amide bonds. The van der Waals surface area contributed by atoms with Gasteiger partial charge in [0.25, 0.3) is 15.9 Å². The number of anilines is 1. The van der Waals surface area contributed by atoms with Crippen molar-refractivity contribution < 1.29 is 22.7 Å². The molecule has 0 atom stereocenters. The lowest BCUT2D eigenvalue weighted by molar-refractivity contribution is -0.138. The van der Waals surface area contributed by atoms with Crippen LogP contribution in [0, 0.1) is 0 Å². The van der Waals surface area contributed by atoms with Crippen LogP contribution in [0.1, 0.15) is 15.9 Å². The molecule has 0 aliphatic carbocycles. The standard InChI is InChI=1S/C27H22Cl2N2O5S/c1-36-26(32)17-31(37(34,35)21-14-19(28)13-20(29)15-21)25-12-6-9-22-23(25)10-5-11-24(22)27(33)30-16-18-7-3-2-4-8-18/h2-15H,16-17H2,1H3,(H,30,33). The monoisotopic (exact) mass is 556 g/mol. The zero-order valence-electron chi connectivity index (χ0n) is 19.6. The number of nitrogens with zero attached hydrogens (tertiary/aromatic N) is 1. The summed E-state index contributed by atoms with van der Waals surface area (Å²) in [4.78, 5) is 25.2. The summed E-state index contributed by atoms with van der Waals surface area (Å²) in [5.41, 5.74) is 1.49. The van der Waals surface area contributed by atoms with Gasteiger partial charge in [0, 0.05) is 27.5 Å². The van der Waals surface area contributed by atoms with Crippen molar-refractivity contribution in [3.63, 3.8) is 0 Å². The molecular weight excluding hydrogens is 535 g/mol. The lowest BCUT2D eigenvalue weighted by Gasteiger charge is -2.25. The molecule has 0 unspecified atom stereocenters. The number of rotatable bonds is 8. The molecule has 0 aliphatic rings. The van der Waals surface area contributed by atoms with Crippen molar-refractivity contribution in [2.45, 2.75) is 11.4 Å². The Kier molecular flexibility index (Phi) is 8.02. The van der Waals surface area contributed by atoms with Crippen LogP contribution in [0.2, 0.25) is 10.0 Å². The number of hydrogen-bond donors (Lipinski definition) is 1. The predicted molar refractivity (Wildman–Crippen MR) is 145 cm³/mol. The van der Waals surface area contributed by atoms with Crippen molar-refractivity contribution in [3.05, 3.63) is 106 Å². The second-order valence-corrected chi connectivity index (χ2v) is 10.8. The van der Waals surface area contributed by atoms with E-state index in [0.717, 1.165) is 9.87 Å². The second-order valence-electron chi connectivity index (χ2n) is 8.04. The lowest BCUT2D eigenvalue weighted by Crippen LogP contribution is -2.36. The lowest BCUT2D eigenvalue weighted by atomic mass is 10.0. The Balaban J connectivity index is 1.79. The van der Waals surface area contributed by atoms with Crippen LogP contribution >= 0.6 is 23.2 Å². The first-order chi connectivity index (χ1) is 17.7. The topological polar surface area (TPSA) is 92.8 Å². The third-order valence-electron chi connectivity index (χ3n) is 5.63. The van der Waals surface area contributed by atoms with Gasteiger partial charge in [-0.25, -0.2) is 8.42 Å². The van der Waals surface area contributed by atoms with Crippen LogP contribution in [0.25, 0.3) is 10.8 Å². The Morgan fingerprint density at radius 3 is 2.19 bits per heavy atom. The van der Waals surface area contributed by atoms with Crippen molar-refractivity contribution in [2.24, 2.45) is 0 Å². The van der Waals surface area contributed by atoms with Crippen LogP contribution in [0.5, 0.6) is 0 Å². The highest BCUT2D eigenvalue weighted by Gasteiger charge is 2.30. The Morgan fingerprint density at radius 2 is 1.51 bits per heavy atom. The van der Waals surface area contributed by atoms with Crippen molar-refractivity contribution in [1.82, 2.24) is 5.32 Å². The summed E-state index contributed by atoms with van der Waals surface area (Å²) in [6, 6.07) is 23.3. The molecule has 7 nitrogen and oxygen atoms in total. The number of nitrogens with one attached hydrogen (secondary N) is 1. The Labute approximate surface area is 224 Å². The summed E-state index contributed by atoms with van der Waals surface area (Å²) in [6.45, 7) is -0.277. The van der Waals surface area contributed by atoms with Gasteiger partial charge in [0.2, 0.25) is 0 Å². The largest absolute Gasteiger partial charge is 0.468 e. The number of fused-ring (bicyclic) bond motifs is 1. The number of carbonyl (C=O) groups is 2. The Bertz CT molecular complexity index is 1560. The fraction of sp³-hybridized carbons (Fsp3) is 0.111. The van der Waals surface area contributed by atoms with E-state index in [1.54, 1.807) is 36.4 Å². The summed E-state index contributed by atoms with van der Waals surface area (Å²) in [7, 11) is -3.14. The van der Waals surface area contributed by atoms with Gasteiger partial charge in [0.15, 0.2) is 0 Å². The number of methoxy groups -OCH3 is 1. The molecule has 0 spiro atoms. The molecule has 4 aromatic rings. The Morgan fingerprint density at radius 1 is 0.865 bits per heavy atom. The first kappa shape index (κ1) is 26.5. The van der Waals surface area contributed by atoms with Crippen LogP contribution in [0.4, 0.5) is 5.69 Å². The third-order valence-corrected chi connectivity index (χ3v) is 7.81. The molecule has 0 saturated heterocycles. The van der Waals surface area contributed by atoms with E-state index >= 15 is 0 Å². The van der Waals surface area contributed by atoms with E-state index in [2.05, 4.69) is 5.32 Å². The van der Waals surface area contributed by atoms with Gasteiger partial charge in [-0.15, -0.1) is 0 Å². The molecule has 190 valence electrons. The molecule has 0 bridgehead atoms. The van der Waals surface area contributed by atoms with Crippen LogP contribution in [0.3, 0.4) is 0 Å². The zero-order chi connectivity index (χ0) is 26.6. The van der Waals surface area contributed by atoms with E-state index in [1.807, 2.05) is 30.3 Å². The highest BCUT2D eigenvalue weighted by Crippen LogP contribution is 2.34. The van der Waals surface area contributed by atoms with E-state index < -0.39 is 22.5 Å². The minimum Gasteiger partial charge on any atom is -0.468 e. The average molecular weight is 557 g/mol. The predicted octanol–water partition coefficient (Wildman–Crippen LogP) is 5.44. The summed E-state index contributed by atoms with van der Waals surface area (Å²) in [5.74, 6) is -1.10. The molecule has 4 aromatic carbocycles. The van der Waals surface area contributed by atoms with E-state index in [9.17, 15) is 18.0 Å². The fourth-order valence-electron chi connectivity index (χ4n) is 3.87. The van der Waals surface area contributed by atoms with Crippen molar-refractivity contribution in [2.75, 3.05) is 18.0 Å². The van der Waals surface area contributed by atoms with Gasteiger partial charge < -0.3 is 10.1 Å². The highest BCUT2D eigenvalue weighted by molar-refractivity contribution is 7.93. The van der Waals surface area contributed by atoms with E-state index in [-0.39, 0.29) is 26.5 Å². The molecule has 0 heterocycles. The quantitative estimate of drug-likeness (QED) is 0.291. The maximum absolute atomic E-state index is 13.7. The molecule has 0 saturated carbocycles. The van der Waals surface area contributed by atoms with E-state index in [4.69, 9.17) is 27.9 Å². The maximum atomic E-state index is 13.7.